The molecule has 1 aromatic carbocycles. The maximum Gasteiger partial charge on any atom is 0.207 e. The molecule has 2 aromatic rings. The van der Waals surface area contributed by atoms with Crippen LogP contribution in [0.15, 0.2) is 41.1 Å². The molecule has 0 aliphatic carbocycles. The molecule has 90 valence electrons. The van der Waals surface area contributed by atoms with Gasteiger partial charge < -0.3 is 9.88 Å². The number of aromatic nitrogens is 2. The van der Waals surface area contributed by atoms with Crippen LogP contribution in [0.5, 0.6) is 0 Å². The Kier molecular flexibility index (Phi) is 4.20. The molecule has 0 bridgehead atoms. The SMILES string of the molecule is CCCCn1ccnc1Nc1ccccc1Br. The zero-order chi connectivity index (χ0) is 12.1. The summed E-state index contributed by atoms with van der Waals surface area (Å²) in [6, 6.07) is 8.05. The Bertz CT molecular complexity index is 479. The minimum Gasteiger partial charge on any atom is -0.325 e. The Hall–Kier alpha value is -1.29. The third-order valence-electron chi connectivity index (χ3n) is 2.59. The smallest absolute Gasteiger partial charge is 0.207 e. The molecule has 0 spiro atoms. The van der Waals surface area contributed by atoms with Crippen LogP contribution in [0, 0.1) is 0 Å². The van der Waals surface area contributed by atoms with Gasteiger partial charge in [-0.2, -0.15) is 0 Å². The summed E-state index contributed by atoms with van der Waals surface area (Å²) in [6.45, 7) is 3.20. The molecule has 0 saturated carbocycles. The minimum atomic E-state index is 0.894. The summed E-state index contributed by atoms with van der Waals surface area (Å²) < 4.78 is 3.19. The van der Waals surface area contributed by atoms with Crippen LogP contribution in [0.1, 0.15) is 19.8 Å². The summed E-state index contributed by atoms with van der Waals surface area (Å²) in [5, 5.41) is 3.33. The summed E-state index contributed by atoms with van der Waals surface area (Å²) in [6.07, 6.45) is 6.19. The number of anilines is 2. The molecule has 0 radical (unpaired) electrons. The van der Waals surface area contributed by atoms with Gasteiger partial charge in [0.05, 0.1) is 5.69 Å². The van der Waals surface area contributed by atoms with Crippen molar-refractivity contribution in [3.8, 4) is 0 Å². The highest BCUT2D eigenvalue weighted by atomic mass is 79.9. The first-order valence-corrected chi connectivity index (χ1v) is 6.63. The van der Waals surface area contributed by atoms with E-state index >= 15 is 0 Å². The number of hydrogen-bond acceptors (Lipinski definition) is 2. The first kappa shape index (κ1) is 12.2. The second-order valence-corrected chi connectivity index (χ2v) is 4.76. The van der Waals surface area contributed by atoms with Gasteiger partial charge in [-0.05, 0) is 34.5 Å². The Morgan fingerprint density at radius 3 is 2.94 bits per heavy atom. The van der Waals surface area contributed by atoms with Crippen molar-refractivity contribution in [2.75, 3.05) is 5.32 Å². The Labute approximate surface area is 110 Å². The van der Waals surface area contributed by atoms with Crippen molar-refractivity contribution in [2.24, 2.45) is 0 Å². The van der Waals surface area contributed by atoms with E-state index in [4.69, 9.17) is 0 Å². The van der Waals surface area contributed by atoms with Gasteiger partial charge >= 0.3 is 0 Å². The lowest BCUT2D eigenvalue weighted by molar-refractivity contribution is 0.638. The lowest BCUT2D eigenvalue weighted by Crippen LogP contribution is -2.03. The van der Waals surface area contributed by atoms with Crippen LogP contribution in [0.4, 0.5) is 11.6 Å². The molecule has 17 heavy (non-hydrogen) atoms. The first-order chi connectivity index (χ1) is 8.31. The van der Waals surface area contributed by atoms with E-state index in [1.165, 1.54) is 12.8 Å². The van der Waals surface area contributed by atoms with Gasteiger partial charge in [0, 0.05) is 23.4 Å². The molecule has 4 heteroatoms. The molecule has 3 nitrogen and oxygen atoms in total. The second kappa shape index (κ2) is 5.87. The van der Waals surface area contributed by atoms with Crippen molar-refractivity contribution in [1.29, 1.82) is 0 Å². The number of aryl methyl sites for hydroxylation is 1. The summed E-state index contributed by atoms with van der Waals surface area (Å²) in [7, 11) is 0. The number of nitrogens with one attached hydrogen (secondary N) is 1. The maximum absolute atomic E-state index is 4.34. The summed E-state index contributed by atoms with van der Waals surface area (Å²) in [4.78, 5) is 4.34. The standard InChI is InChI=1S/C13H16BrN3/c1-2-3-9-17-10-8-15-13(17)16-12-7-5-4-6-11(12)14/h4-8,10H,2-3,9H2,1H3,(H,15,16). The highest BCUT2D eigenvalue weighted by Gasteiger charge is 2.04. The molecule has 2 rings (SSSR count). The lowest BCUT2D eigenvalue weighted by atomic mass is 10.3. The third-order valence-corrected chi connectivity index (χ3v) is 3.28. The number of para-hydroxylation sites is 1. The molecular formula is C13H16BrN3. The monoisotopic (exact) mass is 293 g/mol. The zero-order valence-electron chi connectivity index (χ0n) is 9.86. The first-order valence-electron chi connectivity index (χ1n) is 5.84. The molecule has 1 aromatic heterocycles. The number of hydrogen-bond donors (Lipinski definition) is 1. The van der Waals surface area contributed by atoms with Gasteiger partial charge in [0.15, 0.2) is 0 Å². The number of halogens is 1. The Morgan fingerprint density at radius 1 is 1.35 bits per heavy atom. The molecule has 0 aliphatic rings. The summed E-state index contributed by atoms with van der Waals surface area (Å²) in [5.74, 6) is 0.894. The van der Waals surface area contributed by atoms with Crippen LogP contribution in [0.2, 0.25) is 0 Å². The quantitative estimate of drug-likeness (QED) is 0.896. The van der Waals surface area contributed by atoms with E-state index in [0.29, 0.717) is 0 Å². The number of nitrogens with zero attached hydrogens (tertiary/aromatic N) is 2. The van der Waals surface area contributed by atoms with E-state index in [1.807, 2.05) is 36.7 Å². The van der Waals surface area contributed by atoms with E-state index in [-0.39, 0.29) is 0 Å². The summed E-state index contributed by atoms with van der Waals surface area (Å²) in [5.41, 5.74) is 1.04. The molecule has 0 atom stereocenters. The molecule has 1 N–H and O–H groups in total. The lowest BCUT2D eigenvalue weighted by Gasteiger charge is -2.10. The molecule has 1 heterocycles. The highest BCUT2D eigenvalue weighted by molar-refractivity contribution is 9.10. The predicted molar refractivity (Wildman–Crippen MR) is 74.6 cm³/mol. The molecule has 0 aliphatic heterocycles. The number of imidazole rings is 1. The van der Waals surface area contributed by atoms with Gasteiger partial charge in [-0.3, -0.25) is 0 Å². The Morgan fingerprint density at radius 2 is 2.18 bits per heavy atom. The summed E-state index contributed by atoms with van der Waals surface area (Å²) >= 11 is 3.52. The van der Waals surface area contributed by atoms with Gasteiger partial charge in [-0.15, -0.1) is 0 Å². The van der Waals surface area contributed by atoms with Crippen molar-refractivity contribution in [3.05, 3.63) is 41.1 Å². The van der Waals surface area contributed by atoms with Crippen molar-refractivity contribution >= 4 is 27.6 Å². The fraction of sp³-hybridized carbons (Fsp3) is 0.308. The predicted octanol–water partition coefficient (Wildman–Crippen LogP) is 4.19. The van der Waals surface area contributed by atoms with Crippen LogP contribution in [-0.2, 0) is 6.54 Å². The van der Waals surface area contributed by atoms with E-state index in [9.17, 15) is 0 Å². The fourth-order valence-corrected chi connectivity index (χ4v) is 2.01. The van der Waals surface area contributed by atoms with E-state index in [0.717, 1.165) is 22.7 Å². The van der Waals surface area contributed by atoms with Crippen molar-refractivity contribution in [3.63, 3.8) is 0 Å². The van der Waals surface area contributed by atoms with E-state index < -0.39 is 0 Å². The van der Waals surface area contributed by atoms with Gasteiger partial charge in [-0.1, -0.05) is 25.5 Å². The maximum atomic E-state index is 4.34. The fourth-order valence-electron chi connectivity index (χ4n) is 1.63. The second-order valence-electron chi connectivity index (χ2n) is 3.90. The van der Waals surface area contributed by atoms with Crippen molar-refractivity contribution in [1.82, 2.24) is 9.55 Å². The van der Waals surface area contributed by atoms with Gasteiger partial charge in [0.25, 0.3) is 0 Å². The van der Waals surface area contributed by atoms with Gasteiger partial charge in [0.2, 0.25) is 5.95 Å². The zero-order valence-corrected chi connectivity index (χ0v) is 11.4. The Balaban J connectivity index is 2.13. The average molecular weight is 294 g/mol. The highest BCUT2D eigenvalue weighted by Crippen LogP contribution is 2.24. The molecule has 0 amide bonds. The van der Waals surface area contributed by atoms with Crippen molar-refractivity contribution < 1.29 is 0 Å². The number of benzene rings is 1. The molecule has 0 fully saturated rings. The van der Waals surface area contributed by atoms with Crippen LogP contribution in [-0.4, -0.2) is 9.55 Å². The van der Waals surface area contributed by atoms with E-state index in [2.05, 4.69) is 37.7 Å². The van der Waals surface area contributed by atoms with Crippen LogP contribution in [0.3, 0.4) is 0 Å². The minimum absolute atomic E-state index is 0.894. The topological polar surface area (TPSA) is 29.9 Å². The average Bonchev–Trinajstić information content (AvgIpc) is 2.77. The van der Waals surface area contributed by atoms with Crippen LogP contribution >= 0.6 is 15.9 Å². The number of rotatable bonds is 5. The van der Waals surface area contributed by atoms with Gasteiger partial charge in [0.1, 0.15) is 0 Å². The van der Waals surface area contributed by atoms with Gasteiger partial charge in [-0.25, -0.2) is 4.98 Å². The normalized spacial score (nSPS) is 10.5. The number of unbranched alkanes of at least 4 members (excludes halogenated alkanes) is 1. The third kappa shape index (κ3) is 3.09. The van der Waals surface area contributed by atoms with E-state index in [1.54, 1.807) is 0 Å². The van der Waals surface area contributed by atoms with Crippen molar-refractivity contribution in [2.45, 2.75) is 26.3 Å². The molecular weight excluding hydrogens is 278 g/mol. The molecule has 0 saturated heterocycles. The molecule has 0 unspecified atom stereocenters. The van der Waals surface area contributed by atoms with Crippen LogP contribution < -0.4 is 5.32 Å². The largest absolute Gasteiger partial charge is 0.325 e. The van der Waals surface area contributed by atoms with Crippen LogP contribution in [0.25, 0.3) is 0 Å².